The van der Waals surface area contributed by atoms with E-state index in [9.17, 15) is 0 Å². The van der Waals surface area contributed by atoms with Crippen LogP contribution in [-0.4, -0.2) is 29.7 Å². The van der Waals surface area contributed by atoms with Crippen molar-refractivity contribution in [1.82, 2.24) is 4.98 Å². The van der Waals surface area contributed by atoms with Gasteiger partial charge in [0.25, 0.3) is 0 Å². The van der Waals surface area contributed by atoms with Crippen LogP contribution in [-0.2, 0) is 4.74 Å². The maximum absolute atomic E-state index is 5.57. The summed E-state index contributed by atoms with van der Waals surface area (Å²) in [6.07, 6.45) is 4.05. The maximum Gasteiger partial charge on any atom is 0.138 e. The molecule has 19 heavy (non-hydrogen) atoms. The highest BCUT2D eigenvalue weighted by atomic mass is 35.5. The van der Waals surface area contributed by atoms with E-state index in [0.717, 1.165) is 5.56 Å². The Balaban J connectivity index is 2.43. The second kappa shape index (κ2) is 8.04. The SMILES string of the molecule is CC(C)(C)OCCOc1cncc(C#CCCCl)c1. The lowest BCUT2D eigenvalue weighted by atomic mass is 10.2. The Morgan fingerprint density at radius 1 is 1.26 bits per heavy atom. The van der Waals surface area contributed by atoms with Crippen LogP contribution in [0.15, 0.2) is 18.5 Å². The first kappa shape index (κ1) is 15.8. The summed E-state index contributed by atoms with van der Waals surface area (Å²) in [7, 11) is 0. The predicted molar refractivity (Wildman–Crippen MR) is 77.7 cm³/mol. The van der Waals surface area contributed by atoms with Crippen molar-refractivity contribution in [2.24, 2.45) is 0 Å². The Morgan fingerprint density at radius 2 is 2.05 bits per heavy atom. The van der Waals surface area contributed by atoms with Gasteiger partial charge in [0.15, 0.2) is 0 Å². The molecule has 0 bridgehead atoms. The van der Waals surface area contributed by atoms with E-state index in [-0.39, 0.29) is 5.60 Å². The largest absolute Gasteiger partial charge is 0.490 e. The van der Waals surface area contributed by atoms with E-state index in [1.165, 1.54) is 0 Å². The molecule has 1 heterocycles. The minimum atomic E-state index is -0.142. The lowest BCUT2D eigenvalue weighted by molar-refractivity contribution is -0.0163. The molecular formula is C15H20ClNO2. The van der Waals surface area contributed by atoms with Gasteiger partial charge in [0.05, 0.1) is 18.4 Å². The molecule has 4 heteroatoms. The van der Waals surface area contributed by atoms with E-state index in [0.29, 0.717) is 31.3 Å². The van der Waals surface area contributed by atoms with Crippen LogP contribution in [0.3, 0.4) is 0 Å². The molecule has 0 aliphatic carbocycles. The second-order valence-electron chi connectivity index (χ2n) is 4.96. The van der Waals surface area contributed by atoms with Crippen molar-refractivity contribution in [3.05, 3.63) is 24.0 Å². The zero-order valence-corrected chi connectivity index (χ0v) is 12.5. The minimum absolute atomic E-state index is 0.142. The molecule has 0 saturated heterocycles. The second-order valence-corrected chi connectivity index (χ2v) is 5.34. The average Bonchev–Trinajstić information content (AvgIpc) is 2.35. The summed E-state index contributed by atoms with van der Waals surface area (Å²) in [5, 5.41) is 0. The fourth-order valence-corrected chi connectivity index (χ4v) is 1.38. The van der Waals surface area contributed by atoms with E-state index in [1.54, 1.807) is 12.4 Å². The standard InChI is InChI=1S/C15H20ClNO2/c1-15(2,3)19-9-8-18-14-10-13(11-17-12-14)6-4-5-7-16/h10-12H,5,7-9H2,1-3H3. The average molecular weight is 282 g/mol. The normalized spacial score (nSPS) is 10.7. The third kappa shape index (κ3) is 7.71. The Hall–Kier alpha value is -1.24. The number of rotatable bonds is 5. The van der Waals surface area contributed by atoms with Crippen LogP contribution in [0.2, 0.25) is 0 Å². The predicted octanol–water partition coefficient (Wildman–Crippen LogP) is 3.26. The maximum atomic E-state index is 5.57. The smallest absolute Gasteiger partial charge is 0.138 e. The van der Waals surface area contributed by atoms with Gasteiger partial charge >= 0.3 is 0 Å². The molecule has 3 nitrogen and oxygen atoms in total. The van der Waals surface area contributed by atoms with Gasteiger partial charge in [-0.1, -0.05) is 11.8 Å². The monoisotopic (exact) mass is 281 g/mol. The van der Waals surface area contributed by atoms with Gasteiger partial charge in [-0.15, -0.1) is 11.6 Å². The molecule has 0 atom stereocenters. The molecular weight excluding hydrogens is 262 g/mol. The van der Waals surface area contributed by atoms with Gasteiger partial charge in [-0.25, -0.2) is 0 Å². The zero-order chi connectivity index (χ0) is 14.1. The molecule has 0 spiro atoms. The summed E-state index contributed by atoms with van der Waals surface area (Å²) in [5.41, 5.74) is 0.690. The minimum Gasteiger partial charge on any atom is -0.490 e. The fourth-order valence-electron chi connectivity index (χ4n) is 1.29. The summed E-state index contributed by atoms with van der Waals surface area (Å²) in [5.74, 6) is 7.20. The van der Waals surface area contributed by atoms with Crippen molar-refractivity contribution >= 4 is 11.6 Å². The van der Waals surface area contributed by atoms with Gasteiger partial charge in [0, 0.05) is 24.1 Å². The molecule has 0 amide bonds. The van der Waals surface area contributed by atoms with Gasteiger partial charge in [-0.2, -0.15) is 0 Å². The highest BCUT2D eigenvalue weighted by Gasteiger charge is 2.09. The van der Waals surface area contributed by atoms with Gasteiger partial charge in [-0.3, -0.25) is 4.98 Å². The molecule has 1 aromatic rings. The molecule has 1 rings (SSSR count). The number of aromatic nitrogens is 1. The Kier molecular flexibility index (Phi) is 6.69. The zero-order valence-electron chi connectivity index (χ0n) is 11.7. The quantitative estimate of drug-likeness (QED) is 0.472. The van der Waals surface area contributed by atoms with E-state index in [2.05, 4.69) is 16.8 Å². The summed E-state index contributed by atoms with van der Waals surface area (Å²) in [4.78, 5) is 4.09. The van der Waals surface area contributed by atoms with Gasteiger partial charge in [0.1, 0.15) is 12.4 Å². The van der Waals surface area contributed by atoms with Gasteiger partial charge < -0.3 is 9.47 Å². The number of alkyl halides is 1. The van der Waals surface area contributed by atoms with Crippen LogP contribution in [0, 0.1) is 11.8 Å². The topological polar surface area (TPSA) is 31.4 Å². The van der Waals surface area contributed by atoms with Crippen LogP contribution in [0.1, 0.15) is 32.8 Å². The van der Waals surface area contributed by atoms with E-state index < -0.39 is 0 Å². The highest BCUT2D eigenvalue weighted by Crippen LogP contribution is 2.11. The van der Waals surface area contributed by atoms with Crippen molar-refractivity contribution in [2.45, 2.75) is 32.8 Å². The first-order chi connectivity index (χ1) is 9.01. The van der Waals surface area contributed by atoms with Crippen molar-refractivity contribution in [3.8, 4) is 17.6 Å². The summed E-state index contributed by atoms with van der Waals surface area (Å²) < 4.78 is 11.1. The molecule has 0 aliphatic rings. The molecule has 104 valence electrons. The van der Waals surface area contributed by atoms with Gasteiger partial charge in [-0.05, 0) is 26.8 Å². The number of hydrogen-bond acceptors (Lipinski definition) is 3. The third-order valence-corrected chi connectivity index (χ3v) is 2.24. The number of halogens is 1. The molecule has 0 radical (unpaired) electrons. The van der Waals surface area contributed by atoms with Crippen LogP contribution in [0.5, 0.6) is 5.75 Å². The number of pyridine rings is 1. The molecule has 0 unspecified atom stereocenters. The Morgan fingerprint density at radius 3 is 2.74 bits per heavy atom. The van der Waals surface area contributed by atoms with Crippen molar-refractivity contribution in [3.63, 3.8) is 0 Å². The summed E-state index contributed by atoms with van der Waals surface area (Å²) in [6, 6.07) is 1.87. The lowest BCUT2D eigenvalue weighted by Gasteiger charge is -2.19. The highest BCUT2D eigenvalue weighted by molar-refractivity contribution is 6.18. The Bertz CT molecular complexity index is 443. The fraction of sp³-hybridized carbons (Fsp3) is 0.533. The molecule has 0 fully saturated rings. The van der Waals surface area contributed by atoms with Crippen LogP contribution in [0.25, 0.3) is 0 Å². The molecule has 1 aromatic heterocycles. The summed E-state index contributed by atoms with van der Waals surface area (Å²) in [6.45, 7) is 7.09. The van der Waals surface area contributed by atoms with Crippen molar-refractivity contribution in [2.75, 3.05) is 19.1 Å². The summed E-state index contributed by atoms with van der Waals surface area (Å²) >= 11 is 5.56. The first-order valence-corrected chi connectivity index (χ1v) is 6.81. The van der Waals surface area contributed by atoms with Gasteiger partial charge in [0.2, 0.25) is 0 Å². The van der Waals surface area contributed by atoms with Crippen LogP contribution >= 0.6 is 11.6 Å². The van der Waals surface area contributed by atoms with Crippen molar-refractivity contribution in [1.29, 1.82) is 0 Å². The lowest BCUT2D eigenvalue weighted by Crippen LogP contribution is -2.22. The van der Waals surface area contributed by atoms with Crippen LogP contribution in [0.4, 0.5) is 0 Å². The van der Waals surface area contributed by atoms with Crippen LogP contribution < -0.4 is 4.74 Å². The first-order valence-electron chi connectivity index (χ1n) is 6.28. The molecule has 0 saturated carbocycles. The van der Waals surface area contributed by atoms with E-state index >= 15 is 0 Å². The number of ether oxygens (including phenoxy) is 2. The van der Waals surface area contributed by atoms with E-state index in [4.69, 9.17) is 21.1 Å². The Labute approximate surface area is 120 Å². The molecule has 0 aliphatic heterocycles. The number of nitrogens with zero attached hydrogens (tertiary/aromatic N) is 1. The third-order valence-electron chi connectivity index (χ3n) is 2.05. The number of hydrogen-bond donors (Lipinski definition) is 0. The molecule has 0 aromatic carbocycles. The van der Waals surface area contributed by atoms with E-state index in [1.807, 2.05) is 26.8 Å². The van der Waals surface area contributed by atoms with Crippen molar-refractivity contribution < 1.29 is 9.47 Å². The molecule has 0 N–H and O–H groups in total.